The second kappa shape index (κ2) is 6.40. The minimum atomic E-state index is 0.486. The van der Waals surface area contributed by atoms with Gasteiger partial charge in [0, 0.05) is 30.6 Å². The van der Waals surface area contributed by atoms with Gasteiger partial charge in [0.15, 0.2) is 0 Å². The van der Waals surface area contributed by atoms with Gasteiger partial charge >= 0.3 is 0 Å². The Morgan fingerprint density at radius 1 is 1.32 bits per heavy atom. The van der Waals surface area contributed by atoms with Crippen LogP contribution in [-0.2, 0) is 0 Å². The molecule has 1 aromatic carbocycles. The van der Waals surface area contributed by atoms with Crippen LogP contribution in [0.2, 0.25) is 0 Å². The Labute approximate surface area is 116 Å². The first-order valence-corrected chi connectivity index (χ1v) is 7.17. The zero-order valence-corrected chi connectivity index (χ0v) is 12.5. The van der Waals surface area contributed by atoms with Crippen molar-refractivity contribution in [2.24, 2.45) is 5.92 Å². The van der Waals surface area contributed by atoms with E-state index in [2.05, 4.69) is 56.4 Å². The number of rotatable bonds is 6. The average molecular weight is 262 g/mol. The predicted octanol–water partition coefficient (Wildman–Crippen LogP) is 2.34. The number of ether oxygens (including phenoxy) is 1. The molecule has 3 nitrogen and oxygen atoms in total. The van der Waals surface area contributed by atoms with Crippen molar-refractivity contribution in [3.63, 3.8) is 0 Å². The summed E-state index contributed by atoms with van der Waals surface area (Å²) in [6.45, 7) is 7.43. The standard InChI is InChI=1S/C16H26N2O/c1-12(2)15(10-18(3)4)17-9-13-11-19-16-8-6-5-7-14(13)16/h5-8,12-13,15,17H,9-11H2,1-4H3. The van der Waals surface area contributed by atoms with Gasteiger partial charge in [-0.3, -0.25) is 0 Å². The molecule has 0 saturated heterocycles. The van der Waals surface area contributed by atoms with E-state index in [0.717, 1.165) is 25.4 Å². The lowest BCUT2D eigenvalue weighted by Gasteiger charge is -2.27. The van der Waals surface area contributed by atoms with Crippen molar-refractivity contribution < 1.29 is 4.74 Å². The predicted molar refractivity (Wildman–Crippen MR) is 79.9 cm³/mol. The summed E-state index contributed by atoms with van der Waals surface area (Å²) in [5, 5.41) is 3.71. The van der Waals surface area contributed by atoms with Gasteiger partial charge in [0.1, 0.15) is 5.75 Å². The van der Waals surface area contributed by atoms with Gasteiger partial charge in [-0.2, -0.15) is 0 Å². The number of benzene rings is 1. The van der Waals surface area contributed by atoms with E-state index in [0.29, 0.717) is 17.9 Å². The second-order valence-electron chi connectivity index (χ2n) is 6.07. The van der Waals surface area contributed by atoms with Crippen molar-refractivity contribution >= 4 is 0 Å². The number of hydrogen-bond acceptors (Lipinski definition) is 3. The maximum atomic E-state index is 5.73. The van der Waals surface area contributed by atoms with Gasteiger partial charge < -0.3 is 15.0 Å². The third-order valence-electron chi connectivity index (χ3n) is 3.79. The topological polar surface area (TPSA) is 24.5 Å². The van der Waals surface area contributed by atoms with Gasteiger partial charge in [-0.25, -0.2) is 0 Å². The molecule has 1 heterocycles. The van der Waals surface area contributed by atoms with Gasteiger partial charge in [0.2, 0.25) is 0 Å². The van der Waals surface area contributed by atoms with Crippen molar-refractivity contribution in [3.8, 4) is 5.75 Å². The van der Waals surface area contributed by atoms with Gasteiger partial charge in [0.05, 0.1) is 6.61 Å². The lowest BCUT2D eigenvalue weighted by atomic mass is 9.99. The summed E-state index contributed by atoms with van der Waals surface area (Å²) in [4.78, 5) is 2.25. The van der Waals surface area contributed by atoms with E-state index in [1.807, 2.05) is 6.07 Å². The molecule has 2 atom stereocenters. The van der Waals surface area contributed by atoms with Crippen molar-refractivity contribution in [2.75, 3.05) is 33.8 Å². The molecule has 0 bridgehead atoms. The van der Waals surface area contributed by atoms with E-state index in [9.17, 15) is 0 Å². The highest BCUT2D eigenvalue weighted by Crippen LogP contribution is 2.32. The van der Waals surface area contributed by atoms with E-state index in [4.69, 9.17) is 4.74 Å². The maximum Gasteiger partial charge on any atom is 0.122 e. The van der Waals surface area contributed by atoms with Crippen LogP contribution in [0.3, 0.4) is 0 Å². The molecule has 0 aromatic heterocycles. The second-order valence-corrected chi connectivity index (χ2v) is 6.07. The first kappa shape index (κ1) is 14.4. The fourth-order valence-electron chi connectivity index (χ4n) is 2.60. The van der Waals surface area contributed by atoms with E-state index in [1.54, 1.807) is 0 Å². The minimum Gasteiger partial charge on any atom is -0.493 e. The summed E-state index contributed by atoms with van der Waals surface area (Å²) in [6.07, 6.45) is 0. The molecule has 1 aliphatic heterocycles. The number of nitrogens with one attached hydrogen (secondary N) is 1. The highest BCUT2D eigenvalue weighted by molar-refractivity contribution is 5.39. The summed E-state index contributed by atoms with van der Waals surface area (Å²) >= 11 is 0. The van der Waals surface area contributed by atoms with Crippen LogP contribution < -0.4 is 10.1 Å². The van der Waals surface area contributed by atoms with Crippen molar-refractivity contribution in [1.29, 1.82) is 0 Å². The molecular formula is C16H26N2O. The third-order valence-corrected chi connectivity index (χ3v) is 3.79. The maximum absolute atomic E-state index is 5.73. The van der Waals surface area contributed by atoms with Gasteiger partial charge in [0.25, 0.3) is 0 Å². The van der Waals surface area contributed by atoms with Crippen molar-refractivity contribution in [1.82, 2.24) is 10.2 Å². The van der Waals surface area contributed by atoms with Crippen LogP contribution in [0.5, 0.6) is 5.75 Å². The molecule has 19 heavy (non-hydrogen) atoms. The van der Waals surface area contributed by atoms with Crippen LogP contribution in [0.4, 0.5) is 0 Å². The zero-order chi connectivity index (χ0) is 13.8. The van der Waals surface area contributed by atoms with Gasteiger partial charge in [-0.05, 0) is 26.1 Å². The molecule has 0 fully saturated rings. The summed E-state index contributed by atoms with van der Waals surface area (Å²) in [5.41, 5.74) is 1.35. The minimum absolute atomic E-state index is 0.486. The summed E-state index contributed by atoms with van der Waals surface area (Å²) in [5.74, 6) is 2.18. The van der Waals surface area contributed by atoms with Gasteiger partial charge in [-0.1, -0.05) is 32.0 Å². The smallest absolute Gasteiger partial charge is 0.122 e. The first-order valence-electron chi connectivity index (χ1n) is 7.17. The Bertz CT molecular complexity index is 403. The van der Waals surface area contributed by atoms with Crippen LogP contribution in [-0.4, -0.2) is 44.7 Å². The molecule has 2 unspecified atom stereocenters. The molecule has 0 saturated carbocycles. The Morgan fingerprint density at radius 2 is 2.05 bits per heavy atom. The number of likely N-dealkylation sites (N-methyl/N-ethyl adjacent to an activating group) is 1. The first-order chi connectivity index (χ1) is 9.08. The third kappa shape index (κ3) is 3.71. The normalized spacial score (nSPS) is 19.6. The molecule has 106 valence electrons. The Hall–Kier alpha value is -1.06. The molecule has 0 aliphatic carbocycles. The van der Waals surface area contributed by atoms with Crippen LogP contribution >= 0.6 is 0 Å². The van der Waals surface area contributed by atoms with E-state index in [-0.39, 0.29) is 0 Å². The van der Waals surface area contributed by atoms with E-state index >= 15 is 0 Å². The number of hydrogen-bond donors (Lipinski definition) is 1. The monoisotopic (exact) mass is 262 g/mol. The van der Waals surface area contributed by atoms with E-state index < -0.39 is 0 Å². The van der Waals surface area contributed by atoms with Crippen molar-refractivity contribution in [2.45, 2.75) is 25.8 Å². The zero-order valence-electron chi connectivity index (χ0n) is 12.5. The molecule has 0 radical (unpaired) electrons. The fourth-order valence-corrected chi connectivity index (χ4v) is 2.60. The number of fused-ring (bicyclic) bond motifs is 1. The summed E-state index contributed by atoms with van der Waals surface area (Å²) < 4.78 is 5.73. The summed E-state index contributed by atoms with van der Waals surface area (Å²) in [7, 11) is 4.26. The highest BCUT2D eigenvalue weighted by atomic mass is 16.5. The highest BCUT2D eigenvalue weighted by Gasteiger charge is 2.24. The largest absolute Gasteiger partial charge is 0.493 e. The number of para-hydroxylation sites is 1. The average Bonchev–Trinajstić information content (AvgIpc) is 2.77. The lowest BCUT2D eigenvalue weighted by molar-refractivity contribution is 0.273. The molecular weight excluding hydrogens is 236 g/mol. The molecule has 0 spiro atoms. The Morgan fingerprint density at radius 3 is 2.74 bits per heavy atom. The van der Waals surface area contributed by atoms with Crippen LogP contribution in [0.1, 0.15) is 25.3 Å². The summed E-state index contributed by atoms with van der Waals surface area (Å²) in [6, 6.07) is 8.92. The quantitative estimate of drug-likeness (QED) is 0.851. The Kier molecular flexibility index (Phi) is 4.83. The Balaban J connectivity index is 1.92. The molecule has 1 N–H and O–H groups in total. The molecule has 2 rings (SSSR count). The van der Waals surface area contributed by atoms with Crippen LogP contribution in [0.15, 0.2) is 24.3 Å². The molecule has 0 amide bonds. The molecule has 1 aliphatic rings. The van der Waals surface area contributed by atoms with Crippen molar-refractivity contribution in [3.05, 3.63) is 29.8 Å². The lowest BCUT2D eigenvalue weighted by Crippen LogP contribution is -2.43. The number of nitrogens with zero attached hydrogens (tertiary/aromatic N) is 1. The molecule has 1 aromatic rings. The fraction of sp³-hybridized carbons (Fsp3) is 0.625. The van der Waals surface area contributed by atoms with Gasteiger partial charge in [-0.15, -0.1) is 0 Å². The van der Waals surface area contributed by atoms with Crippen LogP contribution in [0, 0.1) is 5.92 Å². The van der Waals surface area contributed by atoms with Crippen LogP contribution in [0.25, 0.3) is 0 Å². The molecule has 3 heteroatoms. The van der Waals surface area contributed by atoms with E-state index in [1.165, 1.54) is 5.56 Å². The SMILES string of the molecule is CC(C)C(CN(C)C)NCC1COc2ccccc21.